The second-order valence-corrected chi connectivity index (χ2v) is 3.56. The van der Waals surface area contributed by atoms with Crippen LogP contribution in [0.15, 0.2) is 16.9 Å². The van der Waals surface area contributed by atoms with Crippen LogP contribution in [0.1, 0.15) is 18.3 Å². The molecule has 0 bridgehead atoms. The highest BCUT2D eigenvalue weighted by atomic mass is 79.9. The van der Waals surface area contributed by atoms with Gasteiger partial charge in [-0.15, -0.1) is 0 Å². The van der Waals surface area contributed by atoms with Crippen LogP contribution in [0.4, 0.5) is 0 Å². The summed E-state index contributed by atoms with van der Waals surface area (Å²) in [7, 11) is 1.65. The maximum atomic E-state index is 5.81. The van der Waals surface area contributed by atoms with Crippen molar-refractivity contribution in [2.24, 2.45) is 5.73 Å². The maximum absolute atomic E-state index is 5.81. The third-order valence-electron chi connectivity index (χ3n) is 1.60. The van der Waals surface area contributed by atoms with Crippen molar-refractivity contribution in [3.05, 3.63) is 22.7 Å². The van der Waals surface area contributed by atoms with Crippen LogP contribution in [0.3, 0.4) is 0 Å². The first-order chi connectivity index (χ1) is 6.24. The summed E-state index contributed by atoms with van der Waals surface area (Å²) >= 11 is 3.26. The Morgan fingerprint density at radius 2 is 2.15 bits per heavy atom. The molecule has 72 valence electrons. The molecule has 0 aliphatic rings. The zero-order valence-electron chi connectivity index (χ0n) is 7.40. The van der Waals surface area contributed by atoms with Gasteiger partial charge in [0.1, 0.15) is 5.82 Å². The molecule has 2 N–H and O–H groups in total. The summed E-state index contributed by atoms with van der Waals surface area (Å²) < 4.78 is 5.77. The molecule has 0 spiro atoms. The van der Waals surface area contributed by atoms with Gasteiger partial charge >= 0.3 is 0 Å². The van der Waals surface area contributed by atoms with Gasteiger partial charge in [0.25, 0.3) is 0 Å². The number of aromatic nitrogens is 2. The molecule has 0 saturated carbocycles. The van der Waals surface area contributed by atoms with Gasteiger partial charge in [0.05, 0.1) is 10.5 Å². The molecule has 0 aliphatic carbocycles. The van der Waals surface area contributed by atoms with Crippen LogP contribution < -0.4 is 5.73 Å². The highest BCUT2D eigenvalue weighted by molar-refractivity contribution is 9.10. The standard InChI is InChI=1S/C8H12BrN3O/c1-13-3-2-7(10)8-11-4-6(9)5-12-8/h4-5,7H,2-3,10H2,1H3. The zero-order valence-corrected chi connectivity index (χ0v) is 8.99. The maximum Gasteiger partial charge on any atom is 0.145 e. The van der Waals surface area contributed by atoms with Crippen LogP contribution in [0.5, 0.6) is 0 Å². The molecule has 4 nitrogen and oxygen atoms in total. The summed E-state index contributed by atoms with van der Waals surface area (Å²) in [6.45, 7) is 0.626. The van der Waals surface area contributed by atoms with Gasteiger partial charge in [-0.3, -0.25) is 0 Å². The predicted molar refractivity (Wildman–Crippen MR) is 53.2 cm³/mol. The Hall–Kier alpha value is -0.520. The molecule has 13 heavy (non-hydrogen) atoms. The van der Waals surface area contributed by atoms with E-state index in [-0.39, 0.29) is 6.04 Å². The number of nitrogens with zero attached hydrogens (tertiary/aromatic N) is 2. The average molecular weight is 246 g/mol. The number of halogens is 1. The number of methoxy groups -OCH3 is 1. The third-order valence-corrected chi connectivity index (χ3v) is 2.01. The highest BCUT2D eigenvalue weighted by Crippen LogP contribution is 2.11. The quantitative estimate of drug-likeness (QED) is 0.869. The third kappa shape index (κ3) is 3.38. The van der Waals surface area contributed by atoms with Crippen molar-refractivity contribution < 1.29 is 4.74 Å². The Morgan fingerprint density at radius 3 is 2.69 bits per heavy atom. The number of hydrogen-bond donors (Lipinski definition) is 1. The van der Waals surface area contributed by atoms with E-state index in [0.29, 0.717) is 12.4 Å². The van der Waals surface area contributed by atoms with Crippen LogP contribution in [0.2, 0.25) is 0 Å². The van der Waals surface area contributed by atoms with Gasteiger partial charge in [0, 0.05) is 26.1 Å². The molecule has 1 atom stereocenters. The summed E-state index contributed by atoms with van der Waals surface area (Å²) in [4.78, 5) is 8.19. The molecule has 1 aromatic heterocycles. The number of rotatable bonds is 4. The van der Waals surface area contributed by atoms with Gasteiger partial charge in [-0.2, -0.15) is 0 Å². The predicted octanol–water partition coefficient (Wildman–Crippen LogP) is 1.28. The molecule has 0 fully saturated rings. The monoisotopic (exact) mass is 245 g/mol. The first-order valence-electron chi connectivity index (χ1n) is 3.96. The summed E-state index contributed by atoms with van der Waals surface area (Å²) in [6, 6.07) is -0.145. The average Bonchev–Trinajstić information content (AvgIpc) is 2.15. The molecular weight excluding hydrogens is 234 g/mol. The lowest BCUT2D eigenvalue weighted by Gasteiger charge is -2.08. The Morgan fingerprint density at radius 1 is 1.54 bits per heavy atom. The summed E-state index contributed by atoms with van der Waals surface area (Å²) in [5.41, 5.74) is 5.81. The molecule has 0 aliphatic heterocycles. The fourth-order valence-electron chi connectivity index (χ4n) is 0.888. The van der Waals surface area contributed by atoms with E-state index < -0.39 is 0 Å². The molecule has 0 amide bonds. The summed E-state index contributed by atoms with van der Waals surface area (Å²) in [5.74, 6) is 0.653. The van der Waals surface area contributed by atoms with Crippen LogP contribution >= 0.6 is 15.9 Å². The second kappa shape index (κ2) is 5.26. The van der Waals surface area contributed by atoms with Crippen LogP contribution in [0.25, 0.3) is 0 Å². The van der Waals surface area contributed by atoms with Crippen molar-refractivity contribution in [3.8, 4) is 0 Å². The van der Waals surface area contributed by atoms with Crippen molar-refractivity contribution in [2.75, 3.05) is 13.7 Å². The van der Waals surface area contributed by atoms with Crippen molar-refractivity contribution in [2.45, 2.75) is 12.5 Å². The van der Waals surface area contributed by atoms with Crippen molar-refractivity contribution in [1.29, 1.82) is 0 Å². The van der Waals surface area contributed by atoms with Crippen LogP contribution in [0, 0.1) is 0 Å². The van der Waals surface area contributed by atoms with Crippen LogP contribution in [-0.2, 0) is 4.74 Å². The Labute approximate surface area is 85.7 Å². The van der Waals surface area contributed by atoms with E-state index in [2.05, 4.69) is 25.9 Å². The molecule has 1 aromatic rings. The molecule has 0 radical (unpaired) electrons. The molecule has 1 heterocycles. The van der Waals surface area contributed by atoms with Crippen molar-refractivity contribution >= 4 is 15.9 Å². The van der Waals surface area contributed by atoms with Gasteiger partial charge in [-0.1, -0.05) is 0 Å². The van der Waals surface area contributed by atoms with Crippen LogP contribution in [-0.4, -0.2) is 23.7 Å². The lowest BCUT2D eigenvalue weighted by Crippen LogP contribution is -2.15. The van der Waals surface area contributed by atoms with E-state index in [1.54, 1.807) is 19.5 Å². The minimum absolute atomic E-state index is 0.145. The minimum Gasteiger partial charge on any atom is -0.385 e. The van der Waals surface area contributed by atoms with Crippen molar-refractivity contribution in [3.63, 3.8) is 0 Å². The van der Waals surface area contributed by atoms with Crippen molar-refractivity contribution in [1.82, 2.24) is 9.97 Å². The fourth-order valence-corrected chi connectivity index (χ4v) is 1.09. The van der Waals surface area contributed by atoms with E-state index in [1.165, 1.54) is 0 Å². The SMILES string of the molecule is COCCC(N)c1ncc(Br)cn1. The van der Waals surface area contributed by atoms with Gasteiger partial charge in [-0.05, 0) is 22.4 Å². The van der Waals surface area contributed by atoms with E-state index in [4.69, 9.17) is 10.5 Å². The second-order valence-electron chi connectivity index (χ2n) is 2.65. The molecule has 5 heteroatoms. The van der Waals surface area contributed by atoms with E-state index >= 15 is 0 Å². The minimum atomic E-state index is -0.145. The number of hydrogen-bond acceptors (Lipinski definition) is 4. The Kier molecular flexibility index (Phi) is 4.27. The fraction of sp³-hybridized carbons (Fsp3) is 0.500. The molecular formula is C8H12BrN3O. The normalized spacial score (nSPS) is 12.8. The number of ether oxygens (including phenoxy) is 1. The lowest BCUT2D eigenvalue weighted by molar-refractivity contribution is 0.187. The molecule has 1 rings (SSSR count). The molecule has 0 saturated heterocycles. The lowest BCUT2D eigenvalue weighted by atomic mass is 10.2. The van der Waals surface area contributed by atoms with E-state index in [0.717, 1.165) is 10.9 Å². The molecule has 1 unspecified atom stereocenters. The topological polar surface area (TPSA) is 61.0 Å². The van der Waals surface area contributed by atoms with E-state index in [1.807, 2.05) is 0 Å². The molecule has 0 aromatic carbocycles. The number of nitrogens with two attached hydrogens (primary N) is 1. The first-order valence-corrected chi connectivity index (χ1v) is 4.75. The van der Waals surface area contributed by atoms with E-state index in [9.17, 15) is 0 Å². The van der Waals surface area contributed by atoms with Gasteiger partial charge < -0.3 is 10.5 Å². The Bertz CT molecular complexity index is 252. The van der Waals surface area contributed by atoms with Gasteiger partial charge in [-0.25, -0.2) is 9.97 Å². The summed E-state index contributed by atoms with van der Waals surface area (Å²) in [5, 5.41) is 0. The summed E-state index contributed by atoms with van der Waals surface area (Å²) in [6.07, 6.45) is 4.11. The van der Waals surface area contributed by atoms with Gasteiger partial charge in [0.15, 0.2) is 0 Å². The highest BCUT2D eigenvalue weighted by Gasteiger charge is 2.07. The largest absolute Gasteiger partial charge is 0.385 e. The first kappa shape index (κ1) is 10.6. The Balaban J connectivity index is 2.55. The van der Waals surface area contributed by atoms with Gasteiger partial charge in [0.2, 0.25) is 0 Å². The smallest absolute Gasteiger partial charge is 0.145 e. The zero-order chi connectivity index (χ0) is 9.68.